The van der Waals surface area contributed by atoms with E-state index in [2.05, 4.69) is 0 Å². The van der Waals surface area contributed by atoms with Crippen LogP contribution in [0.1, 0.15) is 24.4 Å². The molecule has 2 N–H and O–H groups in total. The van der Waals surface area contributed by atoms with E-state index in [9.17, 15) is 0 Å². The van der Waals surface area contributed by atoms with Crippen molar-refractivity contribution in [1.82, 2.24) is 0 Å². The number of methoxy groups -OCH3 is 1. The third-order valence-corrected chi connectivity index (χ3v) is 2.33. The smallest absolute Gasteiger partial charge is 0.288 e. The van der Waals surface area contributed by atoms with Crippen molar-refractivity contribution in [2.24, 2.45) is 11.7 Å². The Bertz CT molecular complexity index is 265. The quantitative estimate of drug-likeness (QED) is 0.745. The van der Waals surface area contributed by atoms with Crippen LogP contribution in [-0.2, 0) is 0 Å². The third kappa shape index (κ3) is 1.20. The number of hydrogen-bond donors (Lipinski definition) is 1. The normalized spacial score (nSPS) is 19.2. The summed E-state index contributed by atoms with van der Waals surface area (Å²) in [6.07, 6.45) is 4.08. The van der Waals surface area contributed by atoms with Gasteiger partial charge in [-0.2, -0.15) is 0 Å². The van der Waals surface area contributed by atoms with Crippen LogP contribution in [0.25, 0.3) is 0 Å². The predicted octanol–water partition coefficient (Wildman–Crippen LogP) is 1.70. The second-order valence-corrected chi connectivity index (χ2v) is 3.23. The Morgan fingerprint density at radius 3 is 3.00 bits per heavy atom. The van der Waals surface area contributed by atoms with Crippen LogP contribution in [0.4, 0.5) is 0 Å². The van der Waals surface area contributed by atoms with E-state index in [-0.39, 0.29) is 6.04 Å². The van der Waals surface area contributed by atoms with E-state index >= 15 is 0 Å². The van der Waals surface area contributed by atoms with Gasteiger partial charge in [0.15, 0.2) is 0 Å². The maximum absolute atomic E-state index is 5.98. The molecule has 0 aliphatic heterocycles. The van der Waals surface area contributed by atoms with Gasteiger partial charge in [0.25, 0.3) is 5.95 Å². The standard InChI is InChI=1S/C9H13NO2/c1-11-9-7(4-5-12-9)8(10)6-2-3-6/h4-6,8H,2-3,10H2,1H3/t8-/m1/s1. The number of hydrogen-bond acceptors (Lipinski definition) is 3. The van der Waals surface area contributed by atoms with Crippen LogP contribution in [0.15, 0.2) is 16.7 Å². The first-order chi connectivity index (χ1) is 5.83. The molecule has 3 nitrogen and oxygen atoms in total. The van der Waals surface area contributed by atoms with E-state index in [0.717, 1.165) is 5.56 Å². The minimum Gasteiger partial charge on any atom is -0.468 e. The van der Waals surface area contributed by atoms with Crippen LogP contribution in [0.5, 0.6) is 5.95 Å². The van der Waals surface area contributed by atoms with E-state index in [1.54, 1.807) is 13.4 Å². The molecule has 1 aromatic rings. The summed E-state index contributed by atoms with van der Waals surface area (Å²) >= 11 is 0. The Balaban J connectivity index is 2.19. The fourth-order valence-corrected chi connectivity index (χ4v) is 1.43. The number of furan rings is 1. The Kier molecular flexibility index (Phi) is 1.81. The molecule has 1 fully saturated rings. The summed E-state index contributed by atoms with van der Waals surface area (Å²) in [6.45, 7) is 0. The van der Waals surface area contributed by atoms with Crippen LogP contribution in [0, 0.1) is 5.92 Å². The largest absolute Gasteiger partial charge is 0.468 e. The van der Waals surface area contributed by atoms with Crippen LogP contribution in [-0.4, -0.2) is 7.11 Å². The fraction of sp³-hybridized carbons (Fsp3) is 0.556. The first kappa shape index (κ1) is 7.68. The third-order valence-electron chi connectivity index (χ3n) is 2.33. The zero-order valence-electron chi connectivity index (χ0n) is 7.12. The molecule has 1 saturated carbocycles. The molecule has 3 heteroatoms. The zero-order chi connectivity index (χ0) is 8.55. The van der Waals surface area contributed by atoms with Crippen LogP contribution >= 0.6 is 0 Å². The monoisotopic (exact) mass is 167 g/mol. The molecule has 0 aromatic carbocycles. The van der Waals surface area contributed by atoms with Crippen LogP contribution in [0.2, 0.25) is 0 Å². The Hall–Kier alpha value is -0.960. The molecule has 1 aliphatic carbocycles. The topological polar surface area (TPSA) is 48.4 Å². The summed E-state index contributed by atoms with van der Waals surface area (Å²) in [4.78, 5) is 0. The first-order valence-corrected chi connectivity index (χ1v) is 4.20. The summed E-state index contributed by atoms with van der Waals surface area (Å²) in [7, 11) is 1.60. The van der Waals surface area contributed by atoms with Crippen molar-refractivity contribution in [3.8, 4) is 5.95 Å². The first-order valence-electron chi connectivity index (χ1n) is 4.20. The molecule has 2 rings (SSSR count). The van der Waals surface area contributed by atoms with E-state index < -0.39 is 0 Å². The van der Waals surface area contributed by atoms with Gasteiger partial charge < -0.3 is 14.9 Å². The maximum Gasteiger partial charge on any atom is 0.288 e. The average Bonchev–Trinajstić information content (AvgIpc) is 2.82. The molecule has 1 aromatic heterocycles. The highest BCUT2D eigenvalue weighted by atomic mass is 16.6. The molecule has 1 heterocycles. The lowest BCUT2D eigenvalue weighted by Crippen LogP contribution is -2.12. The molecule has 66 valence electrons. The van der Waals surface area contributed by atoms with Gasteiger partial charge >= 0.3 is 0 Å². The predicted molar refractivity (Wildman–Crippen MR) is 44.9 cm³/mol. The van der Waals surface area contributed by atoms with Gasteiger partial charge in [0.1, 0.15) is 0 Å². The maximum atomic E-state index is 5.98. The number of ether oxygens (including phenoxy) is 1. The SMILES string of the molecule is COc1occc1[C@H](N)C1CC1. The molecule has 0 saturated heterocycles. The second-order valence-electron chi connectivity index (χ2n) is 3.23. The summed E-state index contributed by atoms with van der Waals surface area (Å²) < 4.78 is 10.1. The van der Waals surface area contributed by atoms with Crippen LogP contribution < -0.4 is 10.5 Å². The average molecular weight is 167 g/mol. The number of rotatable bonds is 3. The van der Waals surface area contributed by atoms with Gasteiger partial charge in [-0.25, -0.2) is 0 Å². The van der Waals surface area contributed by atoms with Crippen LogP contribution in [0.3, 0.4) is 0 Å². The summed E-state index contributed by atoms with van der Waals surface area (Å²) in [6, 6.07) is 1.99. The van der Waals surface area contributed by atoms with Crippen molar-refractivity contribution in [2.75, 3.05) is 7.11 Å². The van der Waals surface area contributed by atoms with Crippen molar-refractivity contribution in [1.29, 1.82) is 0 Å². The molecule has 0 amide bonds. The Morgan fingerprint density at radius 2 is 2.42 bits per heavy atom. The number of nitrogens with two attached hydrogens (primary N) is 1. The summed E-state index contributed by atoms with van der Waals surface area (Å²) in [5.74, 6) is 1.20. The molecule has 0 spiro atoms. The van der Waals surface area contributed by atoms with Crippen molar-refractivity contribution in [3.63, 3.8) is 0 Å². The lowest BCUT2D eigenvalue weighted by Gasteiger charge is -2.08. The van der Waals surface area contributed by atoms with Gasteiger partial charge in [0.05, 0.1) is 18.9 Å². The molecular weight excluding hydrogens is 154 g/mol. The fourth-order valence-electron chi connectivity index (χ4n) is 1.43. The second kappa shape index (κ2) is 2.83. The molecule has 12 heavy (non-hydrogen) atoms. The van der Waals surface area contributed by atoms with Crippen molar-refractivity contribution >= 4 is 0 Å². The minimum absolute atomic E-state index is 0.0960. The van der Waals surface area contributed by atoms with E-state index in [1.807, 2.05) is 6.07 Å². The highest BCUT2D eigenvalue weighted by molar-refractivity contribution is 5.27. The highest BCUT2D eigenvalue weighted by Crippen LogP contribution is 2.42. The molecule has 0 radical (unpaired) electrons. The van der Waals surface area contributed by atoms with Crippen molar-refractivity contribution in [2.45, 2.75) is 18.9 Å². The van der Waals surface area contributed by atoms with Gasteiger partial charge in [-0.1, -0.05) is 0 Å². The zero-order valence-corrected chi connectivity index (χ0v) is 7.12. The van der Waals surface area contributed by atoms with Gasteiger partial charge in [0, 0.05) is 6.04 Å². The highest BCUT2D eigenvalue weighted by Gasteiger charge is 2.32. The molecule has 0 bridgehead atoms. The minimum atomic E-state index is 0.0960. The van der Waals surface area contributed by atoms with Crippen molar-refractivity contribution in [3.05, 3.63) is 17.9 Å². The Morgan fingerprint density at radius 1 is 1.67 bits per heavy atom. The van der Waals surface area contributed by atoms with E-state index in [1.165, 1.54) is 12.8 Å². The van der Waals surface area contributed by atoms with Gasteiger partial charge in [-0.3, -0.25) is 0 Å². The lowest BCUT2D eigenvalue weighted by molar-refractivity contribution is 0.297. The Labute approximate surface area is 71.5 Å². The summed E-state index contributed by atoms with van der Waals surface area (Å²) in [5, 5.41) is 0. The van der Waals surface area contributed by atoms with Gasteiger partial charge in [-0.05, 0) is 24.8 Å². The van der Waals surface area contributed by atoms with E-state index in [0.29, 0.717) is 11.9 Å². The molecule has 1 aliphatic rings. The van der Waals surface area contributed by atoms with Gasteiger partial charge in [0.2, 0.25) is 0 Å². The summed E-state index contributed by atoms with van der Waals surface area (Å²) in [5.41, 5.74) is 6.98. The molecule has 1 atom stereocenters. The van der Waals surface area contributed by atoms with Crippen molar-refractivity contribution < 1.29 is 9.15 Å². The molecule has 0 unspecified atom stereocenters. The van der Waals surface area contributed by atoms with E-state index in [4.69, 9.17) is 14.9 Å². The molecular formula is C9H13NO2. The van der Waals surface area contributed by atoms with Gasteiger partial charge in [-0.15, -0.1) is 0 Å². The lowest BCUT2D eigenvalue weighted by atomic mass is 10.1.